The van der Waals surface area contributed by atoms with Gasteiger partial charge < -0.3 is 0 Å². The number of halogens is 1. The number of hydrogen-bond acceptors (Lipinski definition) is 3. The smallest absolute Gasteiger partial charge is 0.231 e. The van der Waals surface area contributed by atoms with Crippen LogP contribution in [0, 0.1) is 0 Å². The molecule has 1 aromatic carbocycles. The second kappa shape index (κ2) is 3.00. The molecule has 1 aliphatic rings. The van der Waals surface area contributed by atoms with Crippen molar-refractivity contribution in [2.24, 2.45) is 0 Å². The molecule has 0 amide bonds. The molecule has 1 aliphatic carbocycles. The van der Waals surface area contributed by atoms with Crippen molar-refractivity contribution in [3.63, 3.8) is 0 Å². The Labute approximate surface area is 91.0 Å². The molecule has 2 rings (SSSR count). The van der Waals surface area contributed by atoms with Crippen molar-refractivity contribution in [2.45, 2.75) is 11.8 Å². The highest BCUT2D eigenvalue weighted by molar-refractivity contribution is 6.66. The van der Waals surface area contributed by atoms with Gasteiger partial charge in [-0.3, -0.25) is 14.4 Å². The molecule has 0 fully saturated rings. The van der Waals surface area contributed by atoms with Gasteiger partial charge in [0.15, 0.2) is 10.7 Å². The number of carbonyl (C=O) groups is 3. The Morgan fingerprint density at radius 3 is 2.13 bits per heavy atom. The average Bonchev–Trinajstić information content (AvgIpc) is 2.24. The SMILES string of the molecule is CC1(Cl)C(=O)C(=O)c2ccccc2C1=O. The van der Waals surface area contributed by atoms with Gasteiger partial charge in [0, 0.05) is 11.1 Å². The maximum absolute atomic E-state index is 11.8. The van der Waals surface area contributed by atoms with Crippen molar-refractivity contribution in [3.8, 4) is 0 Å². The topological polar surface area (TPSA) is 51.2 Å². The van der Waals surface area contributed by atoms with Crippen molar-refractivity contribution in [2.75, 3.05) is 0 Å². The first-order chi connectivity index (χ1) is 6.96. The molecule has 76 valence electrons. The van der Waals surface area contributed by atoms with E-state index in [1.54, 1.807) is 12.1 Å². The fourth-order valence-corrected chi connectivity index (χ4v) is 1.76. The Balaban J connectivity index is 2.74. The first-order valence-corrected chi connectivity index (χ1v) is 4.76. The fourth-order valence-electron chi connectivity index (χ4n) is 1.57. The second-order valence-electron chi connectivity index (χ2n) is 3.54. The quantitative estimate of drug-likeness (QED) is 0.381. The molecule has 0 saturated heterocycles. The zero-order valence-electron chi connectivity index (χ0n) is 7.91. The molecule has 0 bridgehead atoms. The van der Waals surface area contributed by atoms with Gasteiger partial charge in [-0.25, -0.2) is 0 Å². The average molecular weight is 223 g/mol. The molecule has 0 aliphatic heterocycles. The van der Waals surface area contributed by atoms with Crippen molar-refractivity contribution >= 4 is 29.0 Å². The van der Waals surface area contributed by atoms with Crippen molar-refractivity contribution in [3.05, 3.63) is 35.4 Å². The minimum atomic E-state index is -1.74. The van der Waals surface area contributed by atoms with Crippen LogP contribution in [0.3, 0.4) is 0 Å². The molecule has 0 spiro atoms. The first-order valence-electron chi connectivity index (χ1n) is 4.38. The van der Waals surface area contributed by atoms with Gasteiger partial charge in [-0.15, -0.1) is 11.6 Å². The van der Waals surface area contributed by atoms with Crippen LogP contribution in [0.15, 0.2) is 24.3 Å². The zero-order chi connectivity index (χ0) is 11.2. The summed E-state index contributed by atoms with van der Waals surface area (Å²) in [7, 11) is 0. The maximum Gasteiger partial charge on any atom is 0.231 e. The summed E-state index contributed by atoms with van der Waals surface area (Å²) >= 11 is 5.78. The van der Waals surface area contributed by atoms with E-state index in [-0.39, 0.29) is 11.1 Å². The Morgan fingerprint density at radius 1 is 1.00 bits per heavy atom. The Hall–Kier alpha value is -1.48. The number of hydrogen-bond donors (Lipinski definition) is 0. The standard InChI is InChI=1S/C11H7ClO3/c1-11(12)9(14)7-5-3-2-4-6(7)8(13)10(11)15/h2-5H,1H3. The lowest BCUT2D eigenvalue weighted by Gasteiger charge is -2.24. The van der Waals surface area contributed by atoms with E-state index < -0.39 is 22.2 Å². The number of carbonyl (C=O) groups excluding carboxylic acids is 3. The summed E-state index contributed by atoms with van der Waals surface area (Å²) in [5, 5.41) is 0. The van der Waals surface area contributed by atoms with Crippen LogP contribution in [0.2, 0.25) is 0 Å². The van der Waals surface area contributed by atoms with E-state index in [4.69, 9.17) is 11.6 Å². The van der Waals surface area contributed by atoms with Crippen molar-refractivity contribution in [1.29, 1.82) is 0 Å². The van der Waals surface area contributed by atoms with E-state index in [0.29, 0.717) is 0 Å². The van der Waals surface area contributed by atoms with Gasteiger partial charge in [0.2, 0.25) is 11.6 Å². The van der Waals surface area contributed by atoms with Crippen LogP contribution < -0.4 is 0 Å². The van der Waals surface area contributed by atoms with Crippen molar-refractivity contribution < 1.29 is 14.4 Å². The summed E-state index contributed by atoms with van der Waals surface area (Å²) in [6.45, 7) is 1.26. The summed E-state index contributed by atoms with van der Waals surface area (Å²) in [5.41, 5.74) is 0.366. The molecule has 0 saturated carbocycles. The highest BCUT2D eigenvalue weighted by Crippen LogP contribution is 2.30. The summed E-state index contributed by atoms with van der Waals surface area (Å²) in [6.07, 6.45) is 0. The molecule has 0 heterocycles. The number of alkyl halides is 1. The third-order valence-corrected chi connectivity index (χ3v) is 2.82. The minimum Gasteiger partial charge on any atom is -0.292 e. The van der Waals surface area contributed by atoms with E-state index >= 15 is 0 Å². The minimum absolute atomic E-state index is 0.144. The number of Topliss-reactive ketones (excluding diaryl/α,β-unsaturated/α-hetero) is 3. The number of fused-ring (bicyclic) bond motifs is 1. The van der Waals surface area contributed by atoms with E-state index in [1.807, 2.05) is 0 Å². The molecule has 0 aromatic heterocycles. The number of ketones is 3. The first kappa shape index (κ1) is 10.1. The van der Waals surface area contributed by atoms with Gasteiger partial charge >= 0.3 is 0 Å². The fraction of sp³-hybridized carbons (Fsp3) is 0.182. The van der Waals surface area contributed by atoms with Gasteiger partial charge in [0.05, 0.1) is 0 Å². The van der Waals surface area contributed by atoms with Crippen LogP contribution in [-0.2, 0) is 4.79 Å². The molecule has 1 aromatic rings. The molecule has 0 radical (unpaired) electrons. The maximum atomic E-state index is 11.8. The lowest BCUT2D eigenvalue weighted by Crippen LogP contribution is -2.47. The zero-order valence-corrected chi connectivity index (χ0v) is 8.67. The molecule has 4 heteroatoms. The van der Waals surface area contributed by atoms with Crippen LogP contribution in [0.25, 0.3) is 0 Å². The van der Waals surface area contributed by atoms with Crippen LogP contribution in [0.5, 0.6) is 0 Å². The van der Waals surface area contributed by atoms with Crippen LogP contribution in [0.1, 0.15) is 27.6 Å². The normalized spacial score (nSPS) is 25.3. The summed E-state index contributed by atoms with van der Waals surface area (Å²) in [6, 6.07) is 6.20. The lowest BCUT2D eigenvalue weighted by molar-refractivity contribution is -0.116. The predicted octanol–water partition coefficient (Wildman–Crippen LogP) is 1.63. The summed E-state index contributed by atoms with van der Waals surface area (Å²) in [5.74, 6) is -2.06. The predicted molar refractivity (Wildman–Crippen MR) is 54.4 cm³/mol. The van der Waals surface area contributed by atoms with Crippen LogP contribution >= 0.6 is 11.6 Å². The Kier molecular flexibility index (Phi) is 2.01. The molecular weight excluding hydrogens is 216 g/mol. The van der Waals surface area contributed by atoms with Gasteiger partial charge in [-0.05, 0) is 6.92 Å². The number of benzene rings is 1. The van der Waals surface area contributed by atoms with Gasteiger partial charge in [-0.2, -0.15) is 0 Å². The van der Waals surface area contributed by atoms with Crippen molar-refractivity contribution in [1.82, 2.24) is 0 Å². The third kappa shape index (κ3) is 1.23. The van der Waals surface area contributed by atoms with Gasteiger partial charge in [-0.1, -0.05) is 24.3 Å². The highest BCUT2D eigenvalue weighted by atomic mass is 35.5. The third-order valence-electron chi connectivity index (χ3n) is 2.48. The molecule has 1 atom stereocenters. The van der Waals surface area contributed by atoms with Gasteiger partial charge in [0.1, 0.15) is 0 Å². The Morgan fingerprint density at radius 2 is 1.53 bits per heavy atom. The monoisotopic (exact) mass is 222 g/mol. The highest BCUT2D eigenvalue weighted by Gasteiger charge is 2.48. The van der Waals surface area contributed by atoms with Gasteiger partial charge in [0.25, 0.3) is 0 Å². The summed E-state index contributed by atoms with van der Waals surface area (Å²) in [4.78, 5) is 33.2. The number of rotatable bonds is 0. The summed E-state index contributed by atoms with van der Waals surface area (Å²) < 4.78 is 0. The molecule has 3 nitrogen and oxygen atoms in total. The Bertz CT molecular complexity index is 488. The lowest BCUT2D eigenvalue weighted by atomic mass is 9.81. The molecule has 1 unspecified atom stereocenters. The largest absolute Gasteiger partial charge is 0.292 e. The molecule has 0 N–H and O–H groups in total. The van der Waals surface area contributed by atoms with E-state index in [1.165, 1.54) is 19.1 Å². The molecular formula is C11H7ClO3. The van der Waals surface area contributed by atoms with Crippen LogP contribution in [-0.4, -0.2) is 22.2 Å². The molecule has 15 heavy (non-hydrogen) atoms. The van der Waals surface area contributed by atoms with Crippen LogP contribution in [0.4, 0.5) is 0 Å². The van der Waals surface area contributed by atoms with E-state index in [9.17, 15) is 14.4 Å². The van der Waals surface area contributed by atoms with E-state index in [2.05, 4.69) is 0 Å². The second-order valence-corrected chi connectivity index (χ2v) is 4.29. The van der Waals surface area contributed by atoms with E-state index in [0.717, 1.165) is 0 Å².